The molecule has 1 saturated heterocycles. The number of carbonyl (C=O) groups is 1. The number of hydrogen-bond donors (Lipinski definition) is 1. The average molecular weight is 351 g/mol. The molecule has 2 aliphatic heterocycles. The fraction of sp³-hybridized carbons (Fsp3) is 0.476. The van der Waals surface area contributed by atoms with Crippen LogP contribution >= 0.6 is 0 Å². The molecular weight excluding hydrogens is 326 g/mol. The second-order valence-corrected chi connectivity index (χ2v) is 7.40. The van der Waals surface area contributed by atoms with Gasteiger partial charge in [-0.1, -0.05) is 43.7 Å². The number of fused-ring (bicyclic) bond motifs is 3. The summed E-state index contributed by atoms with van der Waals surface area (Å²) in [5, 5.41) is 0. The Morgan fingerprint density at radius 3 is 2.65 bits per heavy atom. The Labute approximate surface area is 153 Å². The summed E-state index contributed by atoms with van der Waals surface area (Å²) < 4.78 is 0. The van der Waals surface area contributed by atoms with E-state index in [1.165, 1.54) is 0 Å². The maximum atomic E-state index is 12.7. The lowest BCUT2D eigenvalue weighted by molar-refractivity contribution is -0.134. The third kappa shape index (κ3) is 3.06. The van der Waals surface area contributed by atoms with E-state index in [9.17, 15) is 9.59 Å². The van der Waals surface area contributed by atoms with Crippen molar-refractivity contribution in [3.63, 3.8) is 0 Å². The molecule has 0 unspecified atom stereocenters. The van der Waals surface area contributed by atoms with Gasteiger partial charge < -0.3 is 9.88 Å². The first-order valence-electron chi connectivity index (χ1n) is 9.66. The van der Waals surface area contributed by atoms with Gasteiger partial charge in [-0.3, -0.25) is 9.59 Å². The lowest BCUT2D eigenvalue weighted by atomic mass is 9.98. The van der Waals surface area contributed by atoms with Gasteiger partial charge in [-0.15, -0.1) is 0 Å². The van der Waals surface area contributed by atoms with E-state index in [0.29, 0.717) is 25.1 Å². The number of rotatable bonds is 4. The van der Waals surface area contributed by atoms with Crippen LogP contribution in [0.3, 0.4) is 0 Å². The number of hydrogen-bond acceptors (Lipinski definition) is 3. The second kappa shape index (κ2) is 7.06. The number of aromatic nitrogens is 2. The lowest BCUT2D eigenvalue weighted by Gasteiger charge is -2.28. The zero-order valence-corrected chi connectivity index (χ0v) is 15.2. The summed E-state index contributed by atoms with van der Waals surface area (Å²) in [4.78, 5) is 35.3. The monoisotopic (exact) mass is 351 g/mol. The Morgan fingerprint density at radius 1 is 1.19 bits per heavy atom. The number of nitrogens with one attached hydrogen (secondary N) is 1. The molecule has 2 aliphatic rings. The molecule has 0 radical (unpaired) electrons. The van der Waals surface area contributed by atoms with Crippen LogP contribution in [0.2, 0.25) is 0 Å². The van der Waals surface area contributed by atoms with Crippen LogP contribution in [0.5, 0.6) is 0 Å². The molecule has 2 bridgehead atoms. The van der Waals surface area contributed by atoms with Crippen LogP contribution in [-0.2, 0) is 17.6 Å². The fourth-order valence-corrected chi connectivity index (χ4v) is 4.34. The van der Waals surface area contributed by atoms with Gasteiger partial charge in [0.2, 0.25) is 5.91 Å². The first-order valence-corrected chi connectivity index (χ1v) is 9.66. The maximum Gasteiger partial charge on any atom is 0.254 e. The first kappa shape index (κ1) is 17.0. The zero-order chi connectivity index (χ0) is 18.1. The van der Waals surface area contributed by atoms with E-state index < -0.39 is 0 Å². The summed E-state index contributed by atoms with van der Waals surface area (Å²) in [6.07, 6.45) is 5.88. The van der Waals surface area contributed by atoms with Crippen molar-refractivity contribution in [1.82, 2.24) is 14.9 Å². The molecule has 1 amide bonds. The summed E-state index contributed by atoms with van der Waals surface area (Å²) in [6.45, 7) is 2.11. The Hall–Kier alpha value is -2.43. The number of benzene rings is 1. The van der Waals surface area contributed by atoms with Crippen molar-refractivity contribution in [2.45, 2.75) is 64.0 Å². The van der Waals surface area contributed by atoms with E-state index in [1.807, 2.05) is 30.3 Å². The van der Waals surface area contributed by atoms with Gasteiger partial charge in [-0.2, -0.15) is 0 Å². The predicted molar refractivity (Wildman–Crippen MR) is 101 cm³/mol. The Bertz CT molecular complexity index is 859. The van der Waals surface area contributed by atoms with Gasteiger partial charge in [-0.25, -0.2) is 4.98 Å². The highest BCUT2D eigenvalue weighted by Gasteiger charge is 2.40. The Morgan fingerprint density at radius 2 is 1.92 bits per heavy atom. The molecule has 0 saturated carbocycles. The second-order valence-electron chi connectivity index (χ2n) is 7.40. The Balaban J connectivity index is 1.67. The van der Waals surface area contributed by atoms with E-state index in [0.717, 1.165) is 42.5 Å². The number of carbonyl (C=O) groups excluding carboxylic acids is 1. The number of unbranched alkanes of at least 4 members (excludes halogenated alkanes) is 1. The van der Waals surface area contributed by atoms with Gasteiger partial charge >= 0.3 is 0 Å². The molecule has 1 N–H and O–H groups in total. The molecule has 1 fully saturated rings. The lowest BCUT2D eigenvalue weighted by Crippen LogP contribution is -2.41. The molecule has 26 heavy (non-hydrogen) atoms. The molecule has 5 nitrogen and oxygen atoms in total. The third-order valence-electron chi connectivity index (χ3n) is 5.67. The van der Waals surface area contributed by atoms with Crippen LogP contribution in [-0.4, -0.2) is 32.9 Å². The highest BCUT2D eigenvalue weighted by molar-refractivity contribution is 5.77. The van der Waals surface area contributed by atoms with Crippen molar-refractivity contribution < 1.29 is 4.79 Å². The SMILES string of the molecule is CCCCC(=O)N1[C@@H]2CC[C@H]1Cc1nc(-c3ccccc3)[nH]c(=O)c1C2. The summed E-state index contributed by atoms with van der Waals surface area (Å²) in [6, 6.07) is 10.1. The summed E-state index contributed by atoms with van der Waals surface area (Å²) >= 11 is 0. The van der Waals surface area contributed by atoms with Gasteiger partial charge in [0, 0.05) is 42.5 Å². The number of aromatic amines is 1. The van der Waals surface area contributed by atoms with Crippen molar-refractivity contribution in [3.8, 4) is 11.4 Å². The summed E-state index contributed by atoms with van der Waals surface area (Å²) in [5.74, 6) is 0.864. The third-order valence-corrected chi connectivity index (χ3v) is 5.67. The minimum absolute atomic E-state index is 0.0534. The largest absolute Gasteiger partial charge is 0.336 e. The Kier molecular flexibility index (Phi) is 4.62. The molecule has 3 heterocycles. The van der Waals surface area contributed by atoms with E-state index >= 15 is 0 Å². The highest BCUT2D eigenvalue weighted by Crippen LogP contribution is 2.33. The van der Waals surface area contributed by atoms with Crippen molar-refractivity contribution >= 4 is 5.91 Å². The molecule has 5 heteroatoms. The quantitative estimate of drug-likeness (QED) is 0.920. The van der Waals surface area contributed by atoms with Crippen LogP contribution in [0.1, 0.15) is 50.3 Å². The minimum Gasteiger partial charge on any atom is -0.336 e. The smallest absolute Gasteiger partial charge is 0.254 e. The van der Waals surface area contributed by atoms with Gasteiger partial charge in [0.05, 0.1) is 5.69 Å². The van der Waals surface area contributed by atoms with Crippen molar-refractivity contribution in [1.29, 1.82) is 0 Å². The van der Waals surface area contributed by atoms with E-state index in [2.05, 4.69) is 16.8 Å². The van der Waals surface area contributed by atoms with Crippen molar-refractivity contribution in [3.05, 3.63) is 51.9 Å². The van der Waals surface area contributed by atoms with Crippen molar-refractivity contribution in [2.24, 2.45) is 0 Å². The van der Waals surface area contributed by atoms with Crippen LogP contribution in [0.15, 0.2) is 35.1 Å². The summed E-state index contributed by atoms with van der Waals surface area (Å²) in [7, 11) is 0. The van der Waals surface area contributed by atoms with Gasteiger partial charge in [-0.05, 0) is 19.3 Å². The fourth-order valence-electron chi connectivity index (χ4n) is 4.34. The van der Waals surface area contributed by atoms with Crippen molar-refractivity contribution in [2.75, 3.05) is 0 Å². The molecule has 1 aromatic carbocycles. The number of nitrogens with zero attached hydrogens (tertiary/aromatic N) is 2. The molecule has 1 aromatic heterocycles. The normalized spacial score (nSPS) is 21.3. The van der Waals surface area contributed by atoms with E-state index in [1.54, 1.807) is 0 Å². The molecule has 4 rings (SSSR count). The average Bonchev–Trinajstić information content (AvgIpc) is 2.95. The molecule has 0 spiro atoms. The predicted octanol–water partition coefficient (Wildman–Crippen LogP) is 3.09. The van der Waals surface area contributed by atoms with Crippen LogP contribution < -0.4 is 5.56 Å². The molecule has 136 valence electrons. The van der Waals surface area contributed by atoms with E-state index in [-0.39, 0.29) is 23.6 Å². The number of H-pyrrole nitrogens is 1. The first-order chi connectivity index (χ1) is 12.7. The topological polar surface area (TPSA) is 66.1 Å². The minimum atomic E-state index is -0.0534. The highest BCUT2D eigenvalue weighted by atomic mass is 16.2. The molecular formula is C21H25N3O2. The van der Waals surface area contributed by atoms with Gasteiger partial charge in [0.1, 0.15) is 5.82 Å². The van der Waals surface area contributed by atoms with Crippen LogP contribution in [0.4, 0.5) is 0 Å². The van der Waals surface area contributed by atoms with E-state index in [4.69, 9.17) is 4.98 Å². The maximum absolute atomic E-state index is 12.7. The van der Waals surface area contributed by atoms with Crippen LogP contribution in [0.25, 0.3) is 11.4 Å². The van der Waals surface area contributed by atoms with Gasteiger partial charge in [0.25, 0.3) is 5.56 Å². The summed E-state index contributed by atoms with van der Waals surface area (Å²) in [5.41, 5.74) is 2.50. The standard InChI is InChI=1S/C21H25N3O2/c1-2-3-9-19(25)24-15-10-11-16(24)13-18-17(12-15)21(26)23-20(22-18)14-7-5-4-6-8-14/h4-8,15-16H,2-3,9-13H2,1H3,(H,22,23,26)/t15-,16+/m1/s1. The number of amides is 1. The molecule has 0 aliphatic carbocycles. The molecule has 2 aromatic rings. The van der Waals surface area contributed by atoms with Gasteiger partial charge in [0.15, 0.2) is 0 Å². The zero-order valence-electron chi connectivity index (χ0n) is 15.2. The molecule has 2 atom stereocenters. The van der Waals surface area contributed by atoms with Crippen LogP contribution in [0, 0.1) is 0 Å².